The van der Waals surface area contributed by atoms with Crippen LogP contribution in [0, 0.1) is 5.82 Å². The van der Waals surface area contributed by atoms with Gasteiger partial charge in [-0.2, -0.15) is 0 Å². The molecular weight excluding hydrogens is 501 g/mol. The average molecular weight is 534 g/mol. The van der Waals surface area contributed by atoms with Gasteiger partial charge in [0.2, 0.25) is 0 Å². The minimum atomic E-state index is -3.79. The average Bonchev–Trinajstić information content (AvgIpc) is 3.44. The highest BCUT2D eigenvalue weighted by Crippen LogP contribution is 2.42. The summed E-state index contributed by atoms with van der Waals surface area (Å²) in [6, 6.07) is 5.30. The minimum absolute atomic E-state index is 0.199. The Bertz CT molecular complexity index is 1340. The van der Waals surface area contributed by atoms with Crippen LogP contribution < -0.4 is 9.47 Å². The fourth-order valence-electron chi connectivity index (χ4n) is 4.48. The maximum atomic E-state index is 13.6. The van der Waals surface area contributed by atoms with Crippen LogP contribution in [0.25, 0.3) is 5.69 Å². The first-order valence-corrected chi connectivity index (χ1v) is 13.7. The van der Waals surface area contributed by atoms with Gasteiger partial charge in [-0.15, -0.1) is 10.2 Å². The van der Waals surface area contributed by atoms with Crippen molar-refractivity contribution >= 4 is 9.84 Å². The molecule has 0 bridgehead atoms. The molecule has 3 atom stereocenters. The number of sulfone groups is 1. The Hall–Kier alpha value is -3.12. The second kappa shape index (κ2) is 10.3. The summed E-state index contributed by atoms with van der Waals surface area (Å²) in [7, 11) is -0.737. The highest BCUT2D eigenvalue weighted by molar-refractivity contribution is 7.91. The third-order valence-corrected chi connectivity index (χ3v) is 8.99. The molecule has 12 heteroatoms. The molecule has 3 heterocycles. The van der Waals surface area contributed by atoms with Crippen LogP contribution in [0.3, 0.4) is 0 Å². The first-order valence-electron chi connectivity index (χ1n) is 12.0. The zero-order valence-electron chi connectivity index (χ0n) is 21.8. The molecule has 0 radical (unpaired) electrons. The zero-order chi connectivity index (χ0) is 27.0. The first-order chi connectivity index (χ1) is 17.5. The van der Waals surface area contributed by atoms with Gasteiger partial charge in [0.15, 0.2) is 27.3 Å². The van der Waals surface area contributed by atoms with Gasteiger partial charge >= 0.3 is 0 Å². The van der Waals surface area contributed by atoms with Crippen LogP contribution in [0.1, 0.15) is 70.0 Å². The lowest BCUT2D eigenvalue weighted by atomic mass is 10.1. The minimum Gasteiger partial charge on any atom is -0.494 e. The summed E-state index contributed by atoms with van der Waals surface area (Å²) >= 11 is 0. The van der Waals surface area contributed by atoms with E-state index in [0.29, 0.717) is 29.4 Å². The molecule has 0 amide bonds. The quantitative estimate of drug-likeness (QED) is 0.403. The molecule has 37 heavy (non-hydrogen) atoms. The maximum Gasteiger partial charge on any atom is 0.167 e. The monoisotopic (exact) mass is 533 g/mol. The Morgan fingerprint density at radius 1 is 1.14 bits per heavy atom. The topological polar surface area (TPSA) is 118 Å². The molecule has 0 spiro atoms. The second-order valence-corrected chi connectivity index (χ2v) is 12.1. The number of hydrogen-bond acceptors (Lipinski definition) is 9. The fourth-order valence-corrected chi connectivity index (χ4v) is 6.03. The second-order valence-electron chi connectivity index (χ2n) is 9.79. The van der Waals surface area contributed by atoms with E-state index in [2.05, 4.69) is 20.2 Å². The van der Waals surface area contributed by atoms with Crippen molar-refractivity contribution < 1.29 is 27.0 Å². The van der Waals surface area contributed by atoms with Gasteiger partial charge in [-0.25, -0.2) is 22.8 Å². The van der Waals surface area contributed by atoms with Crippen molar-refractivity contribution in [1.29, 1.82) is 0 Å². The number of aromatic nitrogens is 5. The van der Waals surface area contributed by atoms with Gasteiger partial charge in [-0.1, -0.05) is 13.0 Å². The number of para-hydroxylation sites is 1. The van der Waals surface area contributed by atoms with Gasteiger partial charge < -0.3 is 14.2 Å². The molecule has 10 nitrogen and oxygen atoms in total. The van der Waals surface area contributed by atoms with Crippen molar-refractivity contribution in [2.75, 3.05) is 14.2 Å². The Morgan fingerprint density at radius 3 is 2.30 bits per heavy atom. The summed E-state index contributed by atoms with van der Waals surface area (Å²) in [5.74, 6) is 0.273. The summed E-state index contributed by atoms with van der Waals surface area (Å²) in [4.78, 5) is 7.93. The van der Waals surface area contributed by atoms with Gasteiger partial charge in [-0.05, 0) is 45.7 Å². The lowest BCUT2D eigenvalue weighted by Gasteiger charge is -2.22. The SMILES string of the molecule is COc1cccc(OC)c1-n1c(CS(=O)(=O)[C@@H](C)[C@H](C)c2ncc(F)cn2)nnc1[C@H]1CCC(C)(C)O1. The zero-order valence-corrected chi connectivity index (χ0v) is 22.6. The van der Waals surface area contributed by atoms with E-state index in [9.17, 15) is 12.8 Å². The summed E-state index contributed by atoms with van der Waals surface area (Å²) in [5, 5.41) is 7.82. The molecule has 1 aromatic carbocycles. The van der Waals surface area contributed by atoms with E-state index in [0.717, 1.165) is 18.8 Å². The molecule has 0 N–H and O–H groups in total. The van der Waals surface area contributed by atoms with Crippen molar-refractivity contribution in [3.05, 3.63) is 53.9 Å². The number of methoxy groups -OCH3 is 2. The van der Waals surface area contributed by atoms with Gasteiger partial charge in [0, 0.05) is 5.92 Å². The van der Waals surface area contributed by atoms with E-state index in [1.807, 2.05) is 13.8 Å². The molecule has 0 unspecified atom stereocenters. The normalized spacial score (nSPS) is 18.9. The molecule has 200 valence electrons. The number of nitrogens with zero attached hydrogens (tertiary/aromatic N) is 5. The van der Waals surface area contributed by atoms with Crippen molar-refractivity contribution in [1.82, 2.24) is 24.7 Å². The van der Waals surface area contributed by atoms with Gasteiger partial charge in [0.1, 0.15) is 34.9 Å². The Balaban J connectivity index is 1.78. The van der Waals surface area contributed by atoms with Crippen molar-refractivity contribution in [2.45, 2.75) is 69.2 Å². The molecule has 1 fully saturated rings. The molecule has 0 saturated carbocycles. The maximum absolute atomic E-state index is 13.6. The number of benzene rings is 1. The third kappa shape index (κ3) is 5.45. The summed E-state index contributed by atoms with van der Waals surface area (Å²) < 4.78 is 59.6. The van der Waals surface area contributed by atoms with E-state index in [1.54, 1.807) is 36.6 Å². The number of hydrogen-bond donors (Lipinski definition) is 0. The number of rotatable bonds is 9. The van der Waals surface area contributed by atoms with E-state index < -0.39 is 38.7 Å². The van der Waals surface area contributed by atoms with Crippen LogP contribution in [-0.2, 0) is 20.3 Å². The summed E-state index contributed by atoms with van der Waals surface area (Å²) in [5.41, 5.74) is 0.144. The first kappa shape index (κ1) is 26.9. The largest absolute Gasteiger partial charge is 0.494 e. The van der Waals surface area contributed by atoms with Crippen LogP contribution in [0.2, 0.25) is 0 Å². The molecule has 1 saturated heterocycles. The number of ether oxygens (including phenoxy) is 3. The molecule has 2 aromatic heterocycles. The molecule has 0 aliphatic carbocycles. The van der Waals surface area contributed by atoms with Gasteiger partial charge in [-0.3, -0.25) is 4.57 Å². The molecule has 1 aliphatic rings. The van der Waals surface area contributed by atoms with E-state index in [4.69, 9.17) is 14.2 Å². The van der Waals surface area contributed by atoms with E-state index >= 15 is 0 Å². The van der Waals surface area contributed by atoms with Crippen LogP contribution in [0.15, 0.2) is 30.6 Å². The Morgan fingerprint density at radius 2 is 1.76 bits per heavy atom. The predicted molar refractivity (Wildman–Crippen MR) is 134 cm³/mol. The van der Waals surface area contributed by atoms with E-state index in [-0.39, 0.29) is 17.2 Å². The smallest absolute Gasteiger partial charge is 0.167 e. The van der Waals surface area contributed by atoms with Crippen molar-refractivity contribution in [3.8, 4) is 17.2 Å². The van der Waals surface area contributed by atoms with Crippen LogP contribution >= 0.6 is 0 Å². The number of halogens is 1. The third-order valence-electron chi connectivity index (χ3n) is 6.79. The Kier molecular flexibility index (Phi) is 7.52. The Labute approximate surface area is 216 Å². The standard InChI is InChI=1S/C25H32FN5O5S/c1-15(23-27-12-17(26)13-28-23)16(2)37(32,33)14-21-29-30-24(20-10-11-25(3,4)36-20)31(21)22-18(34-5)8-7-9-19(22)35-6/h7-9,12-13,15-16,20H,10-11,14H2,1-6H3/t15-,16-,20+/m0/s1. The van der Waals surface area contributed by atoms with E-state index in [1.165, 1.54) is 14.2 Å². The molecule has 1 aliphatic heterocycles. The summed E-state index contributed by atoms with van der Waals surface area (Å²) in [6.07, 6.45) is 3.17. The van der Waals surface area contributed by atoms with Gasteiger partial charge in [0.25, 0.3) is 0 Å². The summed E-state index contributed by atoms with van der Waals surface area (Å²) in [6.45, 7) is 7.29. The molecular formula is C25H32FN5O5S. The van der Waals surface area contributed by atoms with Crippen molar-refractivity contribution in [2.24, 2.45) is 0 Å². The molecule has 4 rings (SSSR count). The lowest BCUT2D eigenvalue weighted by Crippen LogP contribution is -2.28. The lowest BCUT2D eigenvalue weighted by molar-refractivity contribution is -0.0207. The predicted octanol–water partition coefficient (Wildman–Crippen LogP) is 3.95. The molecule has 3 aromatic rings. The fraction of sp³-hybridized carbons (Fsp3) is 0.520. The highest BCUT2D eigenvalue weighted by atomic mass is 32.2. The van der Waals surface area contributed by atoms with Crippen LogP contribution in [-0.4, -0.2) is 58.2 Å². The van der Waals surface area contributed by atoms with Crippen molar-refractivity contribution in [3.63, 3.8) is 0 Å². The van der Waals surface area contributed by atoms with Crippen LogP contribution in [0.4, 0.5) is 4.39 Å². The van der Waals surface area contributed by atoms with Gasteiger partial charge in [0.05, 0.1) is 37.5 Å². The van der Waals surface area contributed by atoms with Crippen LogP contribution in [0.5, 0.6) is 11.5 Å². The highest BCUT2D eigenvalue weighted by Gasteiger charge is 2.38.